The zero-order chi connectivity index (χ0) is 11.0. The molecule has 14 heavy (non-hydrogen) atoms. The molecule has 0 aromatic rings. The Kier molecular flexibility index (Phi) is 3.27. The van der Waals surface area contributed by atoms with E-state index in [9.17, 15) is 5.11 Å². The highest BCUT2D eigenvalue weighted by molar-refractivity contribution is 4.92. The standard InChI is InChI=1S/C12H25NO/c1-10(2)12(5,14)9-13-8-6-7-11(13,3)4/h10,14H,6-9H2,1-5H3. The van der Waals surface area contributed by atoms with E-state index in [1.807, 2.05) is 6.92 Å². The van der Waals surface area contributed by atoms with Gasteiger partial charge in [0.1, 0.15) is 0 Å². The lowest BCUT2D eigenvalue weighted by atomic mass is 9.90. The van der Waals surface area contributed by atoms with Crippen molar-refractivity contribution in [1.82, 2.24) is 4.90 Å². The number of β-amino-alcohol motifs (C(OH)–C–C–N with tert-alkyl or cyclic N) is 1. The lowest BCUT2D eigenvalue weighted by molar-refractivity contribution is -0.0326. The molecule has 1 rings (SSSR count). The molecule has 1 aliphatic heterocycles. The van der Waals surface area contributed by atoms with Crippen molar-refractivity contribution in [3.05, 3.63) is 0 Å². The van der Waals surface area contributed by atoms with Crippen molar-refractivity contribution in [2.75, 3.05) is 13.1 Å². The number of hydrogen-bond donors (Lipinski definition) is 1. The highest BCUT2D eigenvalue weighted by atomic mass is 16.3. The third-order valence-corrected chi connectivity index (χ3v) is 3.83. The first kappa shape index (κ1) is 12.0. The van der Waals surface area contributed by atoms with Crippen molar-refractivity contribution in [1.29, 1.82) is 0 Å². The Balaban J connectivity index is 2.60. The van der Waals surface area contributed by atoms with E-state index in [2.05, 4.69) is 32.6 Å². The van der Waals surface area contributed by atoms with Crippen LogP contribution in [-0.4, -0.2) is 34.2 Å². The average molecular weight is 199 g/mol. The van der Waals surface area contributed by atoms with Gasteiger partial charge in [-0.2, -0.15) is 0 Å². The minimum Gasteiger partial charge on any atom is -0.389 e. The van der Waals surface area contributed by atoms with Crippen LogP contribution in [0.4, 0.5) is 0 Å². The summed E-state index contributed by atoms with van der Waals surface area (Å²) < 4.78 is 0. The van der Waals surface area contributed by atoms with Crippen LogP contribution in [0.25, 0.3) is 0 Å². The fourth-order valence-corrected chi connectivity index (χ4v) is 2.03. The van der Waals surface area contributed by atoms with Crippen molar-refractivity contribution in [2.45, 2.75) is 58.6 Å². The summed E-state index contributed by atoms with van der Waals surface area (Å²) >= 11 is 0. The molecule has 1 heterocycles. The Morgan fingerprint density at radius 3 is 2.36 bits per heavy atom. The van der Waals surface area contributed by atoms with Gasteiger partial charge in [-0.3, -0.25) is 4.90 Å². The van der Waals surface area contributed by atoms with E-state index in [-0.39, 0.29) is 5.54 Å². The van der Waals surface area contributed by atoms with Crippen LogP contribution >= 0.6 is 0 Å². The van der Waals surface area contributed by atoms with Gasteiger partial charge >= 0.3 is 0 Å². The lowest BCUT2D eigenvalue weighted by Gasteiger charge is -2.39. The van der Waals surface area contributed by atoms with Gasteiger partial charge in [0.15, 0.2) is 0 Å². The zero-order valence-corrected chi connectivity index (χ0v) is 10.3. The van der Waals surface area contributed by atoms with Crippen LogP contribution in [0.15, 0.2) is 0 Å². The second-order valence-electron chi connectivity index (χ2n) is 5.85. The van der Waals surface area contributed by atoms with Gasteiger partial charge in [-0.05, 0) is 46.1 Å². The summed E-state index contributed by atoms with van der Waals surface area (Å²) in [5.74, 6) is 0.318. The Labute approximate surface area is 88.3 Å². The summed E-state index contributed by atoms with van der Waals surface area (Å²) in [6.07, 6.45) is 2.52. The zero-order valence-electron chi connectivity index (χ0n) is 10.3. The van der Waals surface area contributed by atoms with Crippen LogP contribution in [0.2, 0.25) is 0 Å². The molecule has 2 heteroatoms. The third-order valence-electron chi connectivity index (χ3n) is 3.83. The van der Waals surface area contributed by atoms with Gasteiger partial charge in [-0.25, -0.2) is 0 Å². The molecule has 0 aromatic heterocycles. The lowest BCUT2D eigenvalue weighted by Crippen LogP contribution is -2.49. The number of rotatable bonds is 3. The van der Waals surface area contributed by atoms with Gasteiger partial charge in [0.05, 0.1) is 5.60 Å². The number of nitrogens with zero attached hydrogens (tertiary/aromatic N) is 1. The number of hydrogen-bond acceptors (Lipinski definition) is 2. The van der Waals surface area contributed by atoms with Crippen LogP contribution in [0.1, 0.15) is 47.5 Å². The molecule has 0 bridgehead atoms. The molecule has 0 radical (unpaired) electrons. The highest BCUT2D eigenvalue weighted by Gasteiger charge is 2.37. The SMILES string of the molecule is CC(C)C(C)(O)CN1CCCC1(C)C. The molecule has 0 saturated carbocycles. The molecular formula is C12H25NO. The maximum atomic E-state index is 10.2. The smallest absolute Gasteiger partial charge is 0.0769 e. The summed E-state index contributed by atoms with van der Waals surface area (Å²) in [5, 5.41) is 10.2. The first-order valence-corrected chi connectivity index (χ1v) is 5.73. The summed E-state index contributed by atoms with van der Waals surface area (Å²) in [7, 11) is 0. The minimum atomic E-state index is -0.554. The monoisotopic (exact) mass is 199 g/mol. The molecule has 1 aliphatic rings. The van der Waals surface area contributed by atoms with Crippen molar-refractivity contribution < 1.29 is 5.11 Å². The van der Waals surface area contributed by atoms with E-state index in [4.69, 9.17) is 0 Å². The van der Waals surface area contributed by atoms with Gasteiger partial charge < -0.3 is 5.11 Å². The molecule has 0 aromatic carbocycles. The second-order valence-corrected chi connectivity index (χ2v) is 5.85. The highest BCUT2D eigenvalue weighted by Crippen LogP contribution is 2.31. The van der Waals surface area contributed by atoms with E-state index in [0.29, 0.717) is 5.92 Å². The molecule has 1 saturated heterocycles. The van der Waals surface area contributed by atoms with E-state index in [1.165, 1.54) is 12.8 Å². The van der Waals surface area contributed by atoms with Gasteiger partial charge in [0, 0.05) is 12.1 Å². The van der Waals surface area contributed by atoms with Crippen LogP contribution in [0.3, 0.4) is 0 Å². The molecular weight excluding hydrogens is 174 g/mol. The van der Waals surface area contributed by atoms with E-state index < -0.39 is 5.60 Å². The minimum absolute atomic E-state index is 0.277. The summed E-state index contributed by atoms with van der Waals surface area (Å²) in [6.45, 7) is 12.6. The predicted molar refractivity (Wildman–Crippen MR) is 60.3 cm³/mol. The first-order valence-electron chi connectivity index (χ1n) is 5.73. The van der Waals surface area contributed by atoms with E-state index in [0.717, 1.165) is 13.1 Å². The fourth-order valence-electron chi connectivity index (χ4n) is 2.03. The molecule has 1 N–H and O–H groups in total. The number of aliphatic hydroxyl groups is 1. The van der Waals surface area contributed by atoms with Gasteiger partial charge in [0.25, 0.3) is 0 Å². The molecule has 2 nitrogen and oxygen atoms in total. The first-order chi connectivity index (χ1) is 6.26. The largest absolute Gasteiger partial charge is 0.389 e. The van der Waals surface area contributed by atoms with Gasteiger partial charge in [-0.1, -0.05) is 13.8 Å². The molecule has 1 atom stereocenters. The van der Waals surface area contributed by atoms with Crippen molar-refractivity contribution in [3.63, 3.8) is 0 Å². The predicted octanol–water partition coefficient (Wildman–Crippen LogP) is 2.27. The van der Waals surface area contributed by atoms with Crippen molar-refractivity contribution >= 4 is 0 Å². The van der Waals surface area contributed by atoms with Gasteiger partial charge in [0.2, 0.25) is 0 Å². The fraction of sp³-hybridized carbons (Fsp3) is 1.00. The van der Waals surface area contributed by atoms with Crippen molar-refractivity contribution in [2.24, 2.45) is 5.92 Å². The Morgan fingerprint density at radius 2 is 2.00 bits per heavy atom. The molecule has 1 unspecified atom stereocenters. The van der Waals surface area contributed by atoms with E-state index >= 15 is 0 Å². The van der Waals surface area contributed by atoms with Crippen LogP contribution in [0, 0.1) is 5.92 Å². The Bertz CT molecular complexity index is 196. The normalized spacial score (nSPS) is 26.8. The van der Waals surface area contributed by atoms with Crippen LogP contribution in [0.5, 0.6) is 0 Å². The molecule has 0 amide bonds. The number of likely N-dealkylation sites (tertiary alicyclic amines) is 1. The summed E-state index contributed by atoms with van der Waals surface area (Å²) in [4.78, 5) is 2.42. The third kappa shape index (κ3) is 2.48. The maximum absolute atomic E-state index is 10.2. The Hall–Kier alpha value is -0.0800. The molecule has 0 aliphatic carbocycles. The van der Waals surface area contributed by atoms with Crippen LogP contribution in [-0.2, 0) is 0 Å². The van der Waals surface area contributed by atoms with E-state index in [1.54, 1.807) is 0 Å². The van der Waals surface area contributed by atoms with Crippen LogP contribution < -0.4 is 0 Å². The molecule has 0 spiro atoms. The van der Waals surface area contributed by atoms with Gasteiger partial charge in [-0.15, -0.1) is 0 Å². The Morgan fingerprint density at radius 1 is 1.43 bits per heavy atom. The molecule has 1 fully saturated rings. The molecule has 84 valence electrons. The maximum Gasteiger partial charge on any atom is 0.0769 e. The summed E-state index contributed by atoms with van der Waals surface area (Å²) in [5.41, 5.74) is -0.277. The van der Waals surface area contributed by atoms with Crippen molar-refractivity contribution in [3.8, 4) is 0 Å². The quantitative estimate of drug-likeness (QED) is 0.753. The topological polar surface area (TPSA) is 23.5 Å². The average Bonchev–Trinajstić information content (AvgIpc) is 2.30. The second kappa shape index (κ2) is 3.82. The summed E-state index contributed by atoms with van der Waals surface area (Å²) in [6, 6.07) is 0.